The van der Waals surface area contributed by atoms with E-state index in [1.807, 2.05) is 68.4 Å². The minimum atomic E-state index is -2.53. The normalized spacial score (nSPS) is 18.7. The van der Waals surface area contributed by atoms with Crippen molar-refractivity contribution >= 4 is 21.3 Å². The molecule has 0 spiro atoms. The molecule has 5 heteroatoms. The van der Waals surface area contributed by atoms with Gasteiger partial charge >= 0.3 is 0 Å². The van der Waals surface area contributed by atoms with Crippen molar-refractivity contribution in [3.8, 4) is 0 Å². The summed E-state index contributed by atoms with van der Waals surface area (Å²) in [7, 11) is -2.53. The van der Waals surface area contributed by atoms with Gasteiger partial charge in [-0.1, -0.05) is 30.3 Å². The molecule has 120 valence electrons. The van der Waals surface area contributed by atoms with Gasteiger partial charge in [-0.3, -0.25) is 0 Å². The summed E-state index contributed by atoms with van der Waals surface area (Å²) >= 11 is 0. The zero-order chi connectivity index (χ0) is 16.5. The summed E-state index contributed by atoms with van der Waals surface area (Å²) in [5, 5.41) is 0. The Bertz CT molecular complexity index is 864. The van der Waals surface area contributed by atoms with E-state index in [0.717, 1.165) is 5.56 Å². The van der Waals surface area contributed by atoms with Crippen LogP contribution in [0.25, 0.3) is 0 Å². The lowest BCUT2D eigenvalue weighted by molar-refractivity contribution is 0.279. The molecule has 4 nitrogen and oxygen atoms in total. The molecular formula is C18H20N2O2S. The Morgan fingerprint density at radius 2 is 1.74 bits per heavy atom. The molecule has 3 rings (SSSR count). The molecule has 1 aliphatic rings. The Labute approximate surface area is 137 Å². The van der Waals surface area contributed by atoms with Gasteiger partial charge in [-0.05, 0) is 38.1 Å². The van der Waals surface area contributed by atoms with Gasteiger partial charge in [0, 0.05) is 11.2 Å². The first-order valence-electron chi connectivity index (χ1n) is 7.47. The molecule has 1 unspecified atom stereocenters. The SMILES string of the molecule is CC1(C)COC(c2ccccc2N=S(C)(=O)c2ccccc2)=N1. The van der Waals surface area contributed by atoms with Gasteiger partial charge in [-0.15, -0.1) is 0 Å². The maximum absolute atomic E-state index is 13.0. The highest BCUT2D eigenvalue weighted by molar-refractivity contribution is 7.93. The fraction of sp³-hybridized carbons (Fsp3) is 0.278. The van der Waals surface area contributed by atoms with Crippen molar-refractivity contribution in [1.82, 2.24) is 0 Å². The number of hydrogen-bond acceptors (Lipinski definition) is 4. The van der Waals surface area contributed by atoms with Crippen LogP contribution < -0.4 is 0 Å². The summed E-state index contributed by atoms with van der Waals surface area (Å²) < 4.78 is 23.2. The summed E-state index contributed by atoms with van der Waals surface area (Å²) in [5.74, 6) is 0.567. The minimum absolute atomic E-state index is 0.241. The van der Waals surface area contributed by atoms with Crippen LogP contribution >= 0.6 is 0 Å². The smallest absolute Gasteiger partial charge is 0.219 e. The monoisotopic (exact) mass is 328 g/mol. The molecule has 23 heavy (non-hydrogen) atoms. The van der Waals surface area contributed by atoms with Crippen molar-refractivity contribution < 1.29 is 8.95 Å². The summed E-state index contributed by atoms with van der Waals surface area (Å²) in [4.78, 5) is 5.31. The molecule has 2 aromatic rings. The van der Waals surface area contributed by atoms with E-state index >= 15 is 0 Å². The topological polar surface area (TPSA) is 51.0 Å². The summed E-state index contributed by atoms with van der Waals surface area (Å²) in [6.45, 7) is 4.58. The van der Waals surface area contributed by atoms with Crippen molar-refractivity contribution in [3.05, 3.63) is 60.2 Å². The average molecular weight is 328 g/mol. The van der Waals surface area contributed by atoms with Crippen molar-refractivity contribution in [3.63, 3.8) is 0 Å². The first-order valence-corrected chi connectivity index (χ1v) is 9.39. The third-order valence-electron chi connectivity index (χ3n) is 3.55. The molecule has 0 saturated carbocycles. The number of benzene rings is 2. The molecule has 0 fully saturated rings. The highest BCUT2D eigenvalue weighted by Crippen LogP contribution is 2.28. The zero-order valence-corrected chi connectivity index (χ0v) is 14.3. The molecule has 0 saturated heterocycles. The van der Waals surface area contributed by atoms with Crippen LogP contribution in [0, 0.1) is 0 Å². The molecule has 0 N–H and O–H groups in total. The van der Waals surface area contributed by atoms with Gasteiger partial charge in [0.05, 0.1) is 26.5 Å². The fourth-order valence-corrected chi connectivity index (χ4v) is 3.67. The van der Waals surface area contributed by atoms with Gasteiger partial charge in [-0.2, -0.15) is 4.36 Å². The molecule has 1 heterocycles. The van der Waals surface area contributed by atoms with Crippen LogP contribution in [0.3, 0.4) is 0 Å². The van der Waals surface area contributed by atoms with Gasteiger partial charge < -0.3 is 4.74 Å². The zero-order valence-electron chi connectivity index (χ0n) is 13.5. The number of hydrogen-bond donors (Lipinski definition) is 0. The highest BCUT2D eigenvalue weighted by atomic mass is 32.2. The van der Waals surface area contributed by atoms with Crippen molar-refractivity contribution in [1.29, 1.82) is 0 Å². The van der Waals surface area contributed by atoms with Crippen LogP contribution in [0.4, 0.5) is 5.69 Å². The van der Waals surface area contributed by atoms with Crippen LogP contribution in [-0.4, -0.2) is 28.5 Å². The first kappa shape index (κ1) is 15.7. The Morgan fingerprint density at radius 3 is 2.39 bits per heavy atom. The summed E-state index contributed by atoms with van der Waals surface area (Å²) in [5.41, 5.74) is 1.18. The molecular weight excluding hydrogens is 308 g/mol. The molecule has 0 aromatic heterocycles. The molecule has 2 aromatic carbocycles. The number of rotatable bonds is 3. The lowest BCUT2D eigenvalue weighted by atomic mass is 10.1. The molecule has 0 radical (unpaired) electrons. The van der Waals surface area contributed by atoms with E-state index in [9.17, 15) is 4.21 Å². The lowest BCUT2D eigenvalue weighted by Gasteiger charge is -2.08. The Morgan fingerprint density at radius 1 is 1.09 bits per heavy atom. The van der Waals surface area contributed by atoms with E-state index in [1.54, 1.807) is 6.26 Å². The Kier molecular flexibility index (Phi) is 3.98. The van der Waals surface area contributed by atoms with E-state index in [1.165, 1.54) is 0 Å². The van der Waals surface area contributed by atoms with Crippen molar-refractivity contribution in [2.45, 2.75) is 24.3 Å². The molecule has 0 bridgehead atoms. The third kappa shape index (κ3) is 3.45. The second kappa shape index (κ2) is 5.81. The standard InChI is InChI=1S/C18H20N2O2S/c1-18(2)13-22-17(19-18)15-11-7-8-12-16(15)20-23(3,21)14-9-5-4-6-10-14/h4-12H,13H2,1-3H3. The Balaban J connectivity index is 2.09. The number of ether oxygens (including phenoxy) is 1. The van der Waals surface area contributed by atoms with Crippen LogP contribution in [-0.2, 0) is 14.5 Å². The maximum Gasteiger partial charge on any atom is 0.219 e. The number of nitrogens with zero attached hydrogens (tertiary/aromatic N) is 2. The number of aliphatic imine (C=N–C) groups is 1. The van der Waals surface area contributed by atoms with Gasteiger partial charge in [0.25, 0.3) is 0 Å². The molecule has 0 aliphatic carbocycles. The third-order valence-corrected chi connectivity index (χ3v) is 5.25. The lowest BCUT2D eigenvalue weighted by Crippen LogP contribution is -2.17. The minimum Gasteiger partial charge on any atom is -0.475 e. The van der Waals surface area contributed by atoms with Crippen LogP contribution in [0.2, 0.25) is 0 Å². The van der Waals surface area contributed by atoms with Crippen molar-refractivity contribution in [2.24, 2.45) is 9.36 Å². The average Bonchev–Trinajstić information content (AvgIpc) is 2.88. The second-order valence-corrected chi connectivity index (χ2v) is 8.50. The predicted molar refractivity (Wildman–Crippen MR) is 93.9 cm³/mol. The van der Waals surface area contributed by atoms with Crippen LogP contribution in [0.1, 0.15) is 19.4 Å². The van der Waals surface area contributed by atoms with Gasteiger partial charge in [-0.25, -0.2) is 9.20 Å². The van der Waals surface area contributed by atoms with E-state index in [0.29, 0.717) is 23.1 Å². The van der Waals surface area contributed by atoms with Gasteiger partial charge in [0.1, 0.15) is 6.61 Å². The van der Waals surface area contributed by atoms with Crippen LogP contribution in [0.5, 0.6) is 0 Å². The van der Waals surface area contributed by atoms with E-state index < -0.39 is 9.73 Å². The van der Waals surface area contributed by atoms with Crippen molar-refractivity contribution in [2.75, 3.05) is 12.9 Å². The van der Waals surface area contributed by atoms with E-state index in [-0.39, 0.29) is 5.54 Å². The second-order valence-electron chi connectivity index (χ2n) is 6.24. The van der Waals surface area contributed by atoms with Gasteiger partial charge in [0.2, 0.25) is 5.90 Å². The summed E-state index contributed by atoms with van der Waals surface area (Å²) in [6, 6.07) is 16.8. The quantitative estimate of drug-likeness (QED) is 0.854. The predicted octanol–water partition coefficient (Wildman–Crippen LogP) is 4.03. The maximum atomic E-state index is 13.0. The summed E-state index contributed by atoms with van der Waals surface area (Å²) in [6.07, 6.45) is 1.65. The Hall–Kier alpha value is -2.14. The largest absolute Gasteiger partial charge is 0.475 e. The molecule has 1 aliphatic heterocycles. The van der Waals surface area contributed by atoms with E-state index in [4.69, 9.17) is 4.74 Å². The van der Waals surface area contributed by atoms with E-state index in [2.05, 4.69) is 9.36 Å². The fourth-order valence-electron chi connectivity index (χ4n) is 2.37. The van der Waals surface area contributed by atoms with Crippen LogP contribution in [0.15, 0.2) is 68.8 Å². The first-order chi connectivity index (χ1) is 10.9. The molecule has 1 atom stereocenters. The van der Waals surface area contributed by atoms with Gasteiger partial charge in [0.15, 0.2) is 0 Å². The molecule has 0 amide bonds. The highest BCUT2D eigenvalue weighted by Gasteiger charge is 2.28.